The minimum absolute atomic E-state index is 0.00984. The number of fused-ring (bicyclic) bond motifs is 2. The van der Waals surface area contributed by atoms with Crippen molar-refractivity contribution >= 4 is 33.1 Å². The molecule has 8 heteroatoms. The van der Waals surface area contributed by atoms with Crippen LogP contribution in [0.25, 0.3) is 0 Å². The predicted molar refractivity (Wildman–Crippen MR) is 132 cm³/mol. The highest BCUT2D eigenvalue weighted by Gasteiger charge is 2.41. The first kappa shape index (κ1) is 23.8. The Hall–Kier alpha value is -1.93. The number of ketones is 1. The molecule has 34 heavy (non-hydrogen) atoms. The third-order valence-electron chi connectivity index (χ3n) is 8.29. The number of carbonyl (C=O) groups excluding carboxylic acids is 2. The average molecular weight is 488 g/mol. The number of hydrogen-bond acceptors (Lipinski definition) is 5. The molecule has 1 aromatic carbocycles. The zero-order chi connectivity index (χ0) is 23.7. The van der Waals surface area contributed by atoms with E-state index in [4.69, 9.17) is 0 Å². The third-order valence-corrected chi connectivity index (χ3v) is 10.2. The van der Waals surface area contributed by atoms with E-state index in [0.717, 1.165) is 70.1 Å². The normalized spacial score (nSPS) is 28.5. The highest BCUT2D eigenvalue weighted by Crippen LogP contribution is 2.41. The Bertz CT molecular complexity index is 1010. The molecule has 0 radical (unpaired) electrons. The number of piperidine rings is 2. The molecule has 186 valence electrons. The monoisotopic (exact) mass is 487 g/mol. The van der Waals surface area contributed by atoms with Crippen LogP contribution in [-0.4, -0.2) is 50.6 Å². The van der Waals surface area contributed by atoms with Crippen LogP contribution in [0.5, 0.6) is 0 Å². The maximum atomic E-state index is 13.4. The van der Waals surface area contributed by atoms with E-state index in [1.165, 1.54) is 6.42 Å². The fraction of sp³-hybridized carbons (Fsp3) is 0.692. The summed E-state index contributed by atoms with van der Waals surface area (Å²) in [6.07, 6.45) is 10.3. The quantitative estimate of drug-likeness (QED) is 0.673. The molecule has 7 nitrogen and oxygen atoms in total. The molecule has 2 saturated carbocycles. The number of nitrogens with one attached hydrogen (secondary N) is 1. The molecular weight excluding hydrogens is 450 g/mol. The summed E-state index contributed by atoms with van der Waals surface area (Å²) < 4.78 is 28.3. The largest absolute Gasteiger partial charge is 0.370 e. The Morgan fingerprint density at radius 1 is 0.853 bits per heavy atom. The first-order valence-corrected chi connectivity index (χ1v) is 14.6. The van der Waals surface area contributed by atoms with E-state index in [-0.39, 0.29) is 28.6 Å². The van der Waals surface area contributed by atoms with Crippen LogP contribution in [0, 0.1) is 17.8 Å². The zero-order valence-electron chi connectivity index (χ0n) is 20.0. The summed E-state index contributed by atoms with van der Waals surface area (Å²) in [5.41, 5.74) is 1.49. The molecule has 2 aliphatic carbocycles. The molecule has 5 rings (SSSR count). The van der Waals surface area contributed by atoms with Crippen molar-refractivity contribution in [1.29, 1.82) is 0 Å². The maximum absolute atomic E-state index is 13.4. The lowest BCUT2D eigenvalue weighted by Gasteiger charge is -2.37. The van der Waals surface area contributed by atoms with E-state index >= 15 is 0 Å². The van der Waals surface area contributed by atoms with Crippen molar-refractivity contribution in [3.05, 3.63) is 18.2 Å². The summed E-state index contributed by atoms with van der Waals surface area (Å²) in [7, 11) is -3.59. The van der Waals surface area contributed by atoms with Crippen LogP contribution in [0.2, 0.25) is 0 Å². The topological polar surface area (TPSA) is 86.8 Å². The van der Waals surface area contributed by atoms with Gasteiger partial charge in [-0.15, -0.1) is 0 Å². The van der Waals surface area contributed by atoms with Crippen LogP contribution in [0.1, 0.15) is 70.6 Å². The van der Waals surface area contributed by atoms with Gasteiger partial charge < -0.3 is 10.2 Å². The Kier molecular flexibility index (Phi) is 6.98. The lowest BCUT2D eigenvalue weighted by Crippen LogP contribution is -2.40. The first-order valence-electron chi connectivity index (χ1n) is 13.2. The van der Waals surface area contributed by atoms with Gasteiger partial charge in [-0.1, -0.05) is 12.8 Å². The molecule has 1 amide bonds. The van der Waals surface area contributed by atoms with Crippen molar-refractivity contribution in [2.24, 2.45) is 17.8 Å². The summed E-state index contributed by atoms with van der Waals surface area (Å²) in [5.74, 6) is 0.102. The minimum atomic E-state index is -3.59. The molecule has 2 saturated heterocycles. The van der Waals surface area contributed by atoms with Gasteiger partial charge in [0.1, 0.15) is 5.78 Å². The number of hydrogen-bond donors (Lipinski definition) is 1. The Balaban J connectivity index is 1.42. The van der Waals surface area contributed by atoms with E-state index in [2.05, 4.69) is 10.2 Å². The van der Waals surface area contributed by atoms with Crippen LogP contribution >= 0.6 is 0 Å². The Labute approximate surface area is 203 Å². The van der Waals surface area contributed by atoms with Gasteiger partial charge in [0, 0.05) is 43.9 Å². The number of sulfonamides is 1. The van der Waals surface area contributed by atoms with E-state index < -0.39 is 10.0 Å². The first-order chi connectivity index (χ1) is 16.4. The number of Topliss-reactive ketones (excluding diaryl/α,β-unsaturated/α-hetero) is 1. The number of nitrogens with zero attached hydrogens (tertiary/aromatic N) is 2. The van der Waals surface area contributed by atoms with E-state index in [0.29, 0.717) is 37.4 Å². The van der Waals surface area contributed by atoms with Crippen molar-refractivity contribution in [2.45, 2.75) is 75.5 Å². The second-order valence-electron chi connectivity index (χ2n) is 10.6. The standard InChI is InChI=1S/C26H37N3O4S/c30-25-19-8-7-9-20(25)17-21(16-19)26(31)27-23-18-22(34(32,33)29-14-5-2-6-15-29)10-11-24(23)28-12-3-1-4-13-28/h10-11,18-21H,1-9,12-17H2,(H,27,31). The number of anilines is 2. The second kappa shape index (κ2) is 9.97. The van der Waals surface area contributed by atoms with Crippen LogP contribution in [-0.2, 0) is 19.6 Å². The van der Waals surface area contributed by atoms with Gasteiger partial charge in [0.05, 0.1) is 16.3 Å². The van der Waals surface area contributed by atoms with Gasteiger partial charge >= 0.3 is 0 Å². The molecule has 0 aromatic heterocycles. The molecular formula is C26H37N3O4S. The SMILES string of the molecule is O=C(Nc1cc(S(=O)(=O)N2CCCCC2)ccc1N1CCCCC1)C1CC2CCCC(C1)C2=O. The van der Waals surface area contributed by atoms with Gasteiger partial charge in [-0.2, -0.15) is 4.31 Å². The van der Waals surface area contributed by atoms with Gasteiger partial charge in [0.2, 0.25) is 15.9 Å². The molecule has 2 bridgehead atoms. The Morgan fingerprint density at radius 3 is 2.12 bits per heavy atom. The highest BCUT2D eigenvalue weighted by molar-refractivity contribution is 7.89. The molecule has 2 atom stereocenters. The molecule has 0 spiro atoms. The van der Waals surface area contributed by atoms with E-state index in [1.54, 1.807) is 16.4 Å². The fourth-order valence-electron chi connectivity index (χ4n) is 6.37. The van der Waals surface area contributed by atoms with Crippen molar-refractivity contribution < 1.29 is 18.0 Å². The van der Waals surface area contributed by atoms with Crippen LogP contribution in [0.4, 0.5) is 11.4 Å². The van der Waals surface area contributed by atoms with Gasteiger partial charge in [-0.25, -0.2) is 8.42 Å². The highest BCUT2D eigenvalue weighted by atomic mass is 32.2. The fourth-order valence-corrected chi connectivity index (χ4v) is 7.91. The molecule has 1 aromatic rings. The van der Waals surface area contributed by atoms with E-state index in [9.17, 15) is 18.0 Å². The van der Waals surface area contributed by atoms with Gasteiger partial charge in [-0.05, 0) is 76.0 Å². The number of rotatable bonds is 5. The smallest absolute Gasteiger partial charge is 0.243 e. The molecule has 1 N–H and O–H groups in total. The Morgan fingerprint density at radius 2 is 1.47 bits per heavy atom. The molecule has 2 unspecified atom stereocenters. The van der Waals surface area contributed by atoms with Crippen molar-refractivity contribution in [1.82, 2.24) is 4.31 Å². The summed E-state index contributed by atoms with van der Waals surface area (Å²) in [6.45, 7) is 2.92. The number of carbonyl (C=O) groups is 2. The lowest BCUT2D eigenvalue weighted by atomic mass is 9.67. The van der Waals surface area contributed by atoms with E-state index in [1.807, 2.05) is 6.07 Å². The minimum Gasteiger partial charge on any atom is -0.370 e. The third kappa shape index (κ3) is 4.76. The van der Waals surface area contributed by atoms with Crippen molar-refractivity contribution in [3.63, 3.8) is 0 Å². The van der Waals surface area contributed by atoms with Crippen LogP contribution < -0.4 is 10.2 Å². The van der Waals surface area contributed by atoms with Gasteiger partial charge in [0.15, 0.2) is 0 Å². The summed E-state index contributed by atoms with van der Waals surface area (Å²) in [4.78, 5) is 28.4. The predicted octanol–water partition coefficient (Wildman–Crippen LogP) is 4.19. The molecule has 2 aliphatic heterocycles. The second-order valence-corrected chi connectivity index (χ2v) is 12.5. The van der Waals surface area contributed by atoms with Crippen molar-refractivity contribution in [3.8, 4) is 0 Å². The maximum Gasteiger partial charge on any atom is 0.243 e. The molecule has 2 heterocycles. The molecule has 4 fully saturated rings. The zero-order valence-corrected chi connectivity index (χ0v) is 20.8. The van der Waals surface area contributed by atoms with Crippen molar-refractivity contribution in [2.75, 3.05) is 36.4 Å². The average Bonchev–Trinajstić information content (AvgIpc) is 2.85. The van der Waals surface area contributed by atoms with Gasteiger partial charge in [-0.3, -0.25) is 9.59 Å². The number of benzene rings is 1. The summed E-state index contributed by atoms with van der Waals surface area (Å²) in [5, 5.41) is 3.12. The number of amides is 1. The molecule has 4 aliphatic rings. The lowest BCUT2D eigenvalue weighted by molar-refractivity contribution is -0.136. The van der Waals surface area contributed by atoms with Crippen LogP contribution in [0.15, 0.2) is 23.1 Å². The summed E-state index contributed by atoms with van der Waals surface area (Å²) >= 11 is 0. The summed E-state index contributed by atoms with van der Waals surface area (Å²) in [6, 6.07) is 5.24. The van der Waals surface area contributed by atoms with Gasteiger partial charge in [0.25, 0.3) is 0 Å². The van der Waals surface area contributed by atoms with Crippen LogP contribution in [0.3, 0.4) is 0 Å².